The predicted molar refractivity (Wildman–Crippen MR) is 135 cm³/mol. The van der Waals surface area contributed by atoms with Crippen LogP contribution < -0.4 is 4.90 Å². The Hall–Kier alpha value is -3.87. The number of halogens is 3. The van der Waals surface area contributed by atoms with Crippen molar-refractivity contribution in [3.63, 3.8) is 0 Å². The smallest absolute Gasteiger partial charge is 0.361 e. The molecule has 4 nitrogen and oxygen atoms in total. The third-order valence-corrected chi connectivity index (χ3v) is 6.86. The fraction of sp³-hybridized carbons (Fsp3) is 0.241. The molecule has 0 aliphatic carbocycles. The summed E-state index contributed by atoms with van der Waals surface area (Å²) >= 11 is 0. The number of aromatic nitrogens is 2. The standard InChI is InChI=1S/C29H26F3N3O/c1-17-8-13-23(14-25(17)29(30,31)32)34-15-24-26(16-34)33-35(27-18(2)6-5-7-19(27)3)28(24)22-11-9-21(10-12-22)20(4)36/h5-14H,15-16H2,1-4H3. The number of aryl methyl sites for hydroxylation is 3. The molecule has 0 amide bonds. The molecular formula is C29H26F3N3O. The Kier molecular flexibility index (Phi) is 5.74. The van der Waals surface area contributed by atoms with Gasteiger partial charge in [0.25, 0.3) is 0 Å². The maximum absolute atomic E-state index is 13.6. The molecule has 0 saturated carbocycles. The van der Waals surface area contributed by atoms with E-state index < -0.39 is 11.7 Å². The molecule has 0 spiro atoms. The van der Waals surface area contributed by atoms with E-state index in [1.807, 2.05) is 53.8 Å². The van der Waals surface area contributed by atoms with Crippen LogP contribution in [-0.2, 0) is 19.3 Å². The fourth-order valence-corrected chi connectivity index (χ4v) is 4.97. The second-order valence-corrected chi connectivity index (χ2v) is 9.41. The number of alkyl halides is 3. The van der Waals surface area contributed by atoms with E-state index in [1.165, 1.54) is 26.0 Å². The minimum atomic E-state index is -4.41. The maximum Gasteiger partial charge on any atom is 0.416 e. The van der Waals surface area contributed by atoms with Crippen LogP contribution in [0.15, 0.2) is 60.7 Å². The predicted octanol–water partition coefficient (Wildman–Crippen LogP) is 7.21. The third-order valence-electron chi connectivity index (χ3n) is 6.86. The van der Waals surface area contributed by atoms with Gasteiger partial charge in [-0.3, -0.25) is 4.79 Å². The number of hydrogen-bond acceptors (Lipinski definition) is 3. The van der Waals surface area contributed by atoms with E-state index in [1.54, 1.807) is 18.2 Å². The lowest BCUT2D eigenvalue weighted by molar-refractivity contribution is -0.138. The first-order chi connectivity index (χ1) is 17.0. The normalized spacial score (nSPS) is 13.2. The number of anilines is 1. The lowest BCUT2D eigenvalue weighted by Gasteiger charge is -2.22. The SMILES string of the molecule is CC(=O)c1ccc(-c2c3c(nn2-c2c(C)cccc2C)CN(c2ccc(C)c(C(F)(F)F)c2)C3)cc1. The molecule has 7 heteroatoms. The first-order valence-electron chi connectivity index (χ1n) is 11.8. The zero-order valence-electron chi connectivity index (χ0n) is 20.6. The summed E-state index contributed by atoms with van der Waals surface area (Å²) in [6, 6.07) is 18.0. The number of rotatable bonds is 4. The van der Waals surface area contributed by atoms with Gasteiger partial charge in [-0.15, -0.1) is 0 Å². The summed E-state index contributed by atoms with van der Waals surface area (Å²) < 4.78 is 42.6. The Labute approximate surface area is 208 Å². The highest BCUT2D eigenvalue weighted by molar-refractivity contribution is 5.94. The van der Waals surface area contributed by atoms with Crippen LogP contribution in [0.25, 0.3) is 16.9 Å². The number of carbonyl (C=O) groups is 1. The quantitative estimate of drug-likeness (QED) is 0.284. The minimum Gasteiger partial charge on any atom is -0.361 e. The van der Waals surface area contributed by atoms with Gasteiger partial charge in [0, 0.05) is 28.9 Å². The van der Waals surface area contributed by atoms with E-state index in [0.29, 0.717) is 24.3 Å². The molecule has 0 fully saturated rings. The summed E-state index contributed by atoms with van der Waals surface area (Å²) in [6.07, 6.45) is -4.41. The maximum atomic E-state index is 13.6. The van der Waals surface area contributed by atoms with Crippen LogP contribution in [0.4, 0.5) is 18.9 Å². The highest BCUT2D eigenvalue weighted by Gasteiger charge is 2.34. The highest BCUT2D eigenvalue weighted by atomic mass is 19.4. The highest BCUT2D eigenvalue weighted by Crippen LogP contribution is 2.40. The van der Waals surface area contributed by atoms with Gasteiger partial charge in [-0.25, -0.2) is 4.68 Å². The first-order valence-corrected chi connectivity index (χ1v) is 11.8. The monoisotopic (exact) mass is 489 g/mol. The molecule has 1 aliphatic heterocycles. The van der Waals surface area contributed by atoms with Crippen molar-refractivity contribution in [3.05, 3.63) is 99.7 Å². The molecule has 184 valence electrons. The van der Waals surface area contributed by atoms with Crippen molar-refractivity contribution < 1.29 is 18.0 Å². The average molecular weight is 490 g/mol. The summed E-state index contributed by atoms with van der Waals surface area (Å²) in [5.74, 6) is -0.0129. The number of Topliss-reactive ketones (excluding diaryl/α,β-unsaturated/α-hetero) is 1. The van der Waals surface area contributed by atoms with E-state index in [4.69, 9.17) is 5.10 Å². The zero-order valence-corrected chi connectivity index (χ0v) is 20.6. The molecule has 1 aliphatic rings. The second kappa shape index (κ2) is 8.66. The number of fused-ring (bicyclic) bond motifs is 1. The Balaban J connectivity index is 1.63. The van der Waals surface area contributed by atoms with Crippen molar-refractivity contribution in [2.24, 2.45) is 0 Å². The van der Waals surface area contributed by atoms with E-state index in [0.717, 1.165) is 39.3 Å². The topological polar surface area (TPSA) is 38.1 Å². The van der Waals surface area contributed by atoms with Crippen LogP contribution >= 0.6 is 0 Å². The Bertz CT molecular complexity index is 1460. The molecule has 0 saturated heterocycles. The van der Waals surface area contributed by atoms with Crippen molar-refractivity contribution >= 4 is 11.5 Å². The van der Waals surface area contributed by atoms with Gasteiger partial charge in [0.1, 0.15) is 0 Å². The van der Waals surface area contributed by atoms with E-state index in [9.17, 15) is 18.0 Å². The molecule has 3 aromatic carbocycles. The van der Waals surface area contributed by atoms with Crippen molar-refractivity contribution in [2.75, 3.05) is 4.90 Å². The van der Waals surface area contributed by atoms with Gasteiger partial charge in [-0.1, -0.05) is 48.5 Å². The molecule has 2 heterocycles. The van der Waals surface area contributed by atoms with Crippen molar-refractivity contribution in [2.45, 2.75) is 47.0 Å². The summed E-state index contributed by atoms with van der Waals surface area (Å²) in [4.78, 5) is 13.8. The van der Waals surface area contributed by atoms with Gasteiger partial charge in [-0.2, -0.15) is 18.3 Å². The average Bonchev–Trinajstić information content (AvgIpc) is 3.37. The molecule has 0 radical (unpaired) electrons. The van der Waals surface area contributed by atoms with Crippen molar-refractivity contribution in [1.82, 2.24) is 9.78 Å². The summed E-state index contributed by atoms with van der Waals surface area (Å²) in [6.45, 7) is 7.92. The van der Waals surface area contributed by atoms with Gasteiger partial charge < -0.3 is 4.90 Å². The Morgan fingerprint density at radius 3 is 2.17 bits per heavy atom. The van der Waals surface area contributed by atoms with Crippen LogP contribution in [0, 0.1) is 20.8 Å². The molecule has 0 bridgehead atoms. The number of para-hydroxylation sites is 1. The molecule has 36 heavy (non-hydrogen) atoms. The summed E-state index contributed by atoms with van der Waals surface area (Å²) in [5.41, 5.74) is 7.45. The van der Waals surface area contributed by atoms with Gasteiger partial charge in [0.2, 0.25) is 0 Å². The van der Waals surface area contributed by atoms with E-state index in [-0.39, 0.29) is 11.3 Å². The van der Waals surface area contributed by atoms with Gasteiger partial charge in [-0.05, 0) is 56.5 Å². The number of nitrogens with zero attached hydrogens (tertiary/aromatic N) is 3. The van der Waals surface area contributed by atoms with Crippen molar-refractivity contribution in [3.8, 4) is 16.9 Å². The van der Waals surface area contributed by atoms with Crippen molar-refractivity contribution in [1.29, 1.82) is 0 Å². The molecule has 1 aromatic heterocycles. The molecule has 0 N–H and O–H groups in total. The Morgan fingerprint density at radius 1 is 0.889 bits per heavy atom. The number of benzene rings is 3. The van der Waals surface area contributed by atoms with E-state index >= 15 is 0 Å². The van der Waals surface area contributed by atoms with Gasteiger partial charge in [0.15, 0.2) is 5.78 Å². The number of hydrogen-bond donors (Lipinski definition) is 0. The molecule has 5 rings (SSSR count). The minimum absolute atomic E-state index is 0.0129. The molecule has 0 atom stereocenters. The summed E-state index contributed by atoms with van der Waals surface area (Å²) in [5, 5.41) is 4.97. The number of carbonyl (C=O) groups excluding carboxylic acids is 1. The lowest BCUT2D eigenvalue weighted by atomic mass is 10.0. The number of ketones is 1. The summed E-state index contributed by atoms with van der Waals surface area (Å²) in [7, 11) is 0. The second-order valence-electron chi connectivity index (χ2n) is 9.41. The largest absolute Gasteiger partial charge is 0.416 e. The molecule has 0 unspecified atom stereocenters. The van der Waals surface area contributed by atoms with Crippen LogP contribution in [0.1, 0.15) is 50.8 Å². The fourth-order valence-electron chi connectivity index (χ4n) is 4.97. The van der Waals surface area contributed by atoms with Gasteiger partial charge in [0.05, 0.1) is 29.2 Å². The van der Waals surface area contributed by atoms with Gasteiger partial charge >= 0.3 is 6.18 Å². The van der Waals surface area contributed by atoms with E-state index in [2.05, 4.69) is 0 Å². The van der Waals surface area contributed by atoms with Crippen LogP contribution in [0.3, 0.4) is 0 Å². The molecule has 4 aromatic rings. The van der Waals surface area contributed by atoms with Crippen LogP contribution in [0.2, 0.25) is 0 Å². The van der Waals surface area contributed by atoms with Crippen LogP contribution in [-0.4, -0.2) is 15.6 Å². The lowest BCUT2D eigenvalue weighted by Crippen LogP contribution is -2.18. The Morgan fingerprint density at radius 2 is 1.56 bits per heavy atom. The third kappa shape index (κ3) is 4.08. The first kappa shape index (κ1) is 23.9. The van der Waals surface area contributed by atoms with Crippen LogP contribution in [0.5, 0.6) is 0 Å². The molecular weight excluding hydrogens is 463 g/mol. The zero-order chi connectivity index (χ0) is 25.8.